The van der Waals surface area contributed by atoms with Crippen LogP contribution in [0.1, 0.15) is 26.7 Å². The molecule has 6 nitrogen and oxygen atoms in total. The SMILES string of the molecule is COCCn1c(SC)nc(-c2ccc(F)cc2)c1-c1ccnc(NC(=O)CCC(C)C)c1. The van der Waals surface area contributed by atoms with Gasteiger partial charge in [-0.25, -0.2) is 14.4 Å². The molecule has 2 aromatic heterocycles. The normalized spacial score (nSPS) is 11.2. The Morgan fingerprint density at radius 1 is 1.22 bits per heavy atom. The third kappa shape index (κ3) is 5.95. The van der Waals surface area contributed by atoms with Crippen molar-refractivity contribution in [2.45, 2.75) is 38.4 Å². The Labute approximate surface area is 192 Å². The van der Waals surface area contributed by atoms with E-state index >= 15 is 0 Å². The van der Waals surface area contributed by atoms with Crippen LogP contribution in [-0.2, 0) is 16.1 Å². The van der Waals surface area contributed by atoms with Crippen molar-refractivity contribution in [1.29, 1.82) is 0 Å². The Morgan fingerprint density at radius 2 is 1.97 bits per heavy atom. The number of anilines is 1. The number of nitrogens with one attached hydrogen (secondary N) is 1. The Balaban J connectivity index is 2.04. The highest BCUT2D eigenvalue weighted by molar-refractivity contribution is 7.98. The fourth-order valence-electron chi connectivity index (χ4n) is 3.35. The molecule has 0 aliphatic rings. The second-order valence-corrected chi connectivity index (χ2v) is 8.63. The van der Waals surface area contributed by atoms with Crippen LogP contribution >= 0.6 is 11.8 Å². The molecule has 170 valence electrons. The maximum absolute atomic E-state index is 13.5. The number of aromatic nitrogens is 3. The zero-order valence-corrected chi connectivity index (χ0v) is 19.7. The van der Waals surface area contributed by atoms with Crippen molar-refractivity contribution in [2.75, 3.05) is 25.3 Å². The molecular formula is C24H29FN4O2S. The van der Waals surface area contributed by atoms with Gasteiger partial charge in [-0.1, -0.05) is 25.6 Å². The van der Waals surface area contributed by atoms with E-state index in [2.05, 4.69) is 28.7 Å². The molecular weight excluding hydrogens is 427 g/mol. The first kappa shape index (κ1) is 23.9. The zero-order valence-electron chi connectivity index (χ0n) is 18.9. The molecule has 0 bridgehead atoms. The fraction of sp³-hybridized carbons (Fsp3) is 0.375. The third-order valence-electron chi connectivity index (χ3n) is 5.00. The van der Waals surface area contributed by atoms with Crippen LogP contribution in [0.3, 0.4) is 0 Å². The molecule has 0 aliphatic heterocycles. The van der Waals surface area contributed by atoms with Gasteiger partial charge in [0.25, 0.3) is 0 Å². The predicted molar refractivity (Wildman–Crippen MR) is 127 cm³/mol. The Kier molecular flexibility index (Phi) is 8.41. The average Bonchev–Trinajstić information content (AvgIpc) is 3.15. The van der Waals surface area contributed by atoms with Gasteiger partial charge in [0.2, 0.25) is 5.91 Å². The van der Waals surface area contributed by atoms with Gasteiger partial charge in [-0.3, -0.25) is 4.79 Å². The van der Waals surface area contributed by atoms with E-state index in [0.717, 1.165) is 34.1 Å². The number of imidazole rings is 1. The summed E-state index contributed by atoms with van der Waals surface area (Å²) in [6.07, 6.45) is 4.92. The average molecular weight is 457 g/mol. The molecule has 1 aromatic carbocycles. The molecule has 0 atom stereocenters. The summed E-state index contributed by atoms with van der Waals surface area (Å²) in [6.45, 7) is 5.31. The monoisotopic (exact) mass is 456 g/mol. The highest BCUT2D eigenvalue weighted by Gasteiger charge is 2.20. The van der Waals surface area contributed by atoms with E-state index in [4.69, 9.17) is 9.72 Å². The first-order valence-corrected chi connectivity index (χ1v) is 11.8. The van der Waals surface area contributed by atoms with Crippen LogP contribution in [0.2, 0.25) is 0 Å². The van der Waals surface area contributed by atoms with Gasteiger partial charge >= 0.3 is 0 Å². The van der Waals surface area contributed by atoms with Crippen LogP contribution in [-0.4, -0.2) is 40.4 Å². The minimum atomic E-state index is -0.297. The van der Waals surface area contributed by atoms with Crippen LogP contribution in [0.15, 0.2) is 47.8 Å². The molecule has 3 rings (SSSR count). The number of hydrogen-bond donors (Lipinski definition) is 1. The molecule has 0 saturated carbocycles. The molecule has 32 heavy (non-hydrogen) atoms. The van der Waals surface area contributed by atoms with Gasteiger partial charge in [0.1, 0.15) is 11.6 Å². The third-order valence-corrected chi connectivity index (χ3v) is 5.68. The van der Waals surface area contributed by atoms with Gasteiger partial charge in [0, 0.05) is 37.4 Å². The lowest BCUT2D eigenvalue weighted by molar-refractivity contribution is -0.116. The minimum absolute atomic E-state index is 0.0557. The van der Waals surface area contributed by atoms with Crippen LogP contribution in [0, 0.1) is 11.7 Å². The number of ether oxygens (including phenoxy) is 1. The first-order chi connectivity index (χ1) is 15.4. The molecule has 0 unspecified atom stereocenters. The maximum atomic E-state index is 13.5. The number of carbonyl (C=O) groups excluding carboxylic acids is 1. The summed E-state index contributed by atoms with van der Waals surface area (Å²) in [7, 11) is 1.66. The number of rotatable bonds is 10. The predicted octanol–water partition coefficient (Wildman–Crippen LogP) is 5.49. The van der Waals surface area contributed by atoms with Crippen LogP contribution in [0.5, 0.6) is 0 Å². The molecule has 2 heterocycles. The van der Waals surface area contributed by atoms with Crippen molar-refractivity contribution in [3.63, 3.8) is 0 Å². The van der Waals surface area contributed by atoms with Crippen molar-refractivity contribution in [2.24, 2.45) is 5.92 Å². The topological polar surface area (TPSA) is 69.0 Å². The van der Waals surface area contributed by atoms with Gasteiger partial charge in [-0.05, 0) is 55.0 Å². The van der Waals surface area contributed by atoms with E-state index in [-0.39, 0.29) is 11.7 Å². The van der Waals surface area contributed by atoms with E-state index in [1.807, 2.05) is 18.4 Å². The van der Waals surface area contributed by atoms with Crippen LogP contribution in [0.4, 0.5) is 10.2 Å². The molecule has 0 spiro atoms. The van der Waals surface area contributed by atoms with Crippen LogP contribution in [0.25, 0.3) is 22.5 Å². The Morgan fingerprint density at radius 3 is 2.62 bits per heavy atom. The lowest BCUT2D eigenvalue weighted by Gasteiger charge is -2.13. The maximum Gasteiger partial charge on any atom is 0.225 e. The summed E-state index contributed by atoms with van der Waals surface area (Å²) in [5.74, 6) is 0.597. The minimum Gasteiger partial charge on any atom is -0.383 e. The van der Waals surface area contributed by atoms with Crippen LogP contribution < -0.4 is 5.32 Å². The van der Waals surface area contributed by atoms with E-state index in [1.54, 1.807) is 25.4 Å². The lowest BCUT2D eigenvalue weighted by atomic mass is 10.1. The summed E-state index contributed by atoms with van der Waals surface area (Å²) >= 11 is 1.53. The number of amides is 1. The largest absolute Gasteiger partial charge is 0.383 e. The molecule has 0 fully saturated rings. The number of halogens is 1. The van der Waals surface area contributed by atoms with Crippen molar-refractivity contribution >= 4 is 23.5 Å². The zero-order chi connectivity index (χ0) is 23.1. The molecule has 0 saturated heterocycles. The standard InChI is InChI=1S/C24H29FN4O2S/c1-16(2)5-10-21(30)27-20-15-18(11-12-26-20)23-22(17-6-8-19(25)9-7-17)28-24(32-4)29(23)13-14-31-3/h6-9,11-12,15-16H,5,10,13-14H2,1-4H3,(H,26,27,30). The summed E-state index contributed by atoms with van der Waals surface area (Å²) < 4.78 is 20.9. The molecule has 0 radical (unpaired) electrons. The Bertz CT molecular complexity index is 1050. The number of nitrogens with zero attached hydrogens (tertiary/aromatic N) is 3. The van der Waals surface area contributed by atoms with Gasteiger partial charge in [-0.15, -0.1) is 0 Å². The number of thioether (sulfide) groups is 1. The molecule has 8 heteroatoms. The summed E-state index contributed by atoms with van der Waals surface area (Å²) in [5, 5.41) is 3.73. The summed E-state index contributed by atoms with van der Waals surface area (Å²) in [4.78, 5) is 21.5. The smallest absolute Gasteiger partial charge is 0.225 e. The molecule has 1 amide bonds. The fourth-order valence-corrected chi connectivity index (χ4v) is 3.94. The number of benzene rings is 1. The van der Waals surface area contributed by atoms with Gasteiger partial charge in [0.15, 0.2) is 5.16 Å². The quantitative estimate of drug-likeness (QED) is 0.408. The number of carbonyl (C=O) groups is 1. The first-order valence-electron chi connectivity index (χ1n) is 10.6. The molecule has 0 aliphatic carbocycles. The van der Waals surface area contributed by atoms with Crippen molar-refractivity contribution in [1.82, 2.24) is 14.5 Å². The number of pyridine rings is 1. The molecule has 3 aromatic rings. The highest BCUT2D eigenvalue weighted by Crippen LogP contribution is 2.36. The number of hydrogen-bond acceptors (Lipinski definition) is 5. The van der Waals surface area contributed by atoms with Crippen molar-refractivity contribution in [3.8, 4) is 22.5 Å². The van der Waals surface area contributed by atoms with E-state index in [0.29, 0.717) is 31.3 Å². The lowest BCUT2D eigenvalue weighted by Crippen LogP contribution is -2.13. The van der Waals surface area contributed by atoms with E-state index in [1.165, 1.54) is 23.9 Å². The van der Waals surface area contributed by atoms with E-state index < -0.39 is 0 Å². The van der Waals surface area contributed by atoms with E-state index in [9.17, 15) is 9.18 Å². The second kappa shape index (κ2) is 11.2. The van der Waals surface area contributed by atoms with Gasteiger partial charge in [0.05, 0.1) is 18.0 Å². The Hall–Kier alpha value is -2.71. The van der Waals surface area contributed by atoms with Crippen molar-refractivity contribution < 1.29 is 13.9 Å². The molecule has 1 N–H and O–H groups in total. The number of methoxy groups -OCH3 is 1. The van der Waals surface area contributed by atoms with Gasteiger partial charge < -0.3 is 14.6 Å². The summed E-state index contributed by atoms with van der Waals surface area (Å²) in [5.41, 5.74) is 3.29. The second-order valence-electron chi connectivity index (χ2n) is 7.86. The summed E-state index contributed by atoms with van der Waals surface area (Å²) in [6, 6.07) is 10.0. The van der Waals surface area contributed by atoms with Crippen molar-refractivity contribution in [3.05, 3.63) is 48.4 Å². The highest BCUT2D eigenvalue weighted by atomic mass is 32.2. The van der Waals surface area contributed by atoms with Gasteiger partial charge in [-0.2, -0.15) is 0 Å².